The number of rotatable bonds is 3. The molecule has 1 saturated heterocycles. The van der Waals surface area contributed by atoms with E-state index in [2.05, 4.69) is 4.98 Å². The van der Waals surface area contributed by atoms with E-state index < -0.39 is 11.7 Å². The van der Waals surface area contributed by atoms with Crippen molar-refractivity contribution in [1.82, 2.24) is 9.88 Å². The Morgan fingerprint density at radius 1 is 1.20 bits per heavy atom. The highest BCUT2D eigenvalue weighted by Crippen LogP contribution is 2.37. The number of carbonyl (C=O) groups excluding carboxylic acids is 1. The van der Waals surface area contributed by atoms with Gasteiger partial charge in [0.15, 0.2) is 0 Å². The number of hydrogen-bond acceptors (Lipinski definition) is 4. The second kappa shape index (κ2) is 8.16. The molecule has 0 bridgehead atoms. The summed E-state index contributed by atoms with van der Waals surface area (Å²) in [7, 11) is 1.61. The number of carbonyl (C=O) groups is 1. The molecule has 8 heteroatoms. The number of nitrogens with zero attached hydrogens (tertiary/aromatic N) is 3. The van der Waals surface area contributed by atoms with Gasteiger partial charge in [-0.05, 0) is 54.7 Å². The van der Waals surface area contributed by atoms with Crippen LogP contribution in [0.1, 0.15) is 29.5 Å². The molecular weight excluding hydrogens is 395 g/mol. The van der Waals surface area contributed by atoms with E-state index in [1.807, 2.05) is 23.1 Å². The third kappa shape index (κ3) is 4.08. The third-order valence-corrected chi connectivity index (χ3v) is 5.90. The highest BCUT2D eigenvalue weighted by molar-refractivity contribution is 5.80. The van der Waals surface area contributed by atoms with Gasteiger partial charge in [0.1, 0.15) is 11.6 Å². The molecule has 2 aromatic rings. The average molecular weight is 419 g/mol. The molecule has 2 aliphatic heterocycles. The van der Waals surface area contributed by atoms with Gasteiger partial charge in [-0.2, -0.15) is 13.2 Å². The predicted molar refractivity (Wildman–Crippen MR) is 106 cm³/mol. The Balaban J connectivity index is 1.50. The van der Waals surface area contributed by atoms with E-state index >= 15 is 0 Å². The molecular formula is C22H24F3N3O2. The second-order valence-electron chi connectivity index (χ2n) is 7.80. The second-order valence-corrected chi connectivity index (χ2v) is 7.80. The molecule has 0 radical (unpaired) electrons. The highest BCUT2D eigenvalue weighted by atomic mass is 19.4. The van der Waals surface area contributed by atoms with Gasteiger partial charge >= 0.3 is 6.18 Å². The third-order valence-electron chi connectivity index (χ3n) is 5.90. The molecule has 1 aromatic heterocycles. The van der Waals surface area contributed by atoms with E-state index in [9.17, 15) is 18.0 Å². The number of benzene rings is 1. The van der Waals surface area contributed by atoms with Gasteiger partial charge in [0.25, 0.3) is 0 Å². The van der Waals surface area contributed by atoms with Gasteiger partial charge in [-0.3, -0.25) is 4.79 Å². The van der Waals surface area contributed by atoms with Gasteiger partial charge in [-0.25, -0.2) is 4.98 Å². The van der Waals surface area contributed by atoms with Crippen molar-refractivity contribution in [3.63, 3.8) is 0 Å². The molecule has 1 fully saturated rings. The first kappa shape index (κ1) is 20.5. The summed E-state index contributed by atoms with van der Waals surface area (Å²) < 4.78 is 45.5. The van der Waals surface area contributed by atoms with Gasteiger partial charge in [0.2, 0.25) is 5.91 Å². The fourth-order valence-electron chi connectivity index (χ4n) is 4.35. The van der Waals surface area contributed by atoms with Crippen molar-refractivity contribution in [3.8, 4) is 5.75 Å². The Morgan fingerprint density at radius 2 is 2.03 bits per heavy atom. The standard InChI is InChI=1S/C22H24F3N3O2/c1-30-18-7-6-15-8-11-28(14-17(15)12-18)21(29)16-4-3-10-27(13-16)20-19(22(23,24)25)5-2-9-26-20/h2,5-7,9,12,16H,3-4,8,10-11,13-14H2,1H3. The molecule has 0 aliphatic carbocycles. The summed E-state index contributed by atoms with van der Waals surface area (Å²) in [6.45, 7) is 1.83. The summed E-state index contributed by atoms with van der Waals surface area (Å²) in [6, 6.07) is 8.23. The minimum atomic E-state index is -4.48. The molecule has 1 atom stereocenters. The van der Waals surface area contributed by atoms with Crippen LogP contribution in [0.25, 0.3) is 0 Å². The topological polar surface area (TPSA) is 45.7 Å². The Labute approximate surface area is 173 Å². The summed E-state index contributed by atoms with van der Waals surface area (Å²) in [5, 5.41) is 0. The van der Waals surface area contributed by atoms with E-state index in [-0.39, 0.29) is 24.2 Å². The largest absolute Gasteiger partial charge is 0.497 e. The number of halogens is 3. The van der Waals surface area contributed by atoms with Crippen molar-refractivity contribution in [2.75, 3.05) is 31.6 Å². The fraction of sp³-hybridized carbons (Fsp3) is 0.455. The van der Waals surface area contributed by atoms with Crippen LogP contribution in [-0.4, -0.2) is 42.5 Å². The lowest BCUT2D eigenvalue weighted by molar-refractivity contribution is -0.137. The highest BCUT2D eigenvalue weighted by Gasteiger charge is 2.38. The van der Waals surface area contributed by atoms with Gasteiger partial charge < -0.3 is 14.5 Å². The van der Waals surface area contributed by atoms with Crippen LogP contribution in [0.15, 0.2) is 36.5 Å². The first-order valence-electron chi connectivity index (χ1n) is 10.1. The maximum atomic E-state index is 13.4. The SMILES string of the molecule is COc1ccc2c(c1)CN(C(=O)C1CCCN(c3ncccc3C(F)(F)F)C1)CC2. The van der Waals surface area contributed by atoms with Gasteiger partial charge in [-0.15, -0.1) is 0 Å². The van der Waals surface area contributed by atoms with Crippen LogP contribution in [0.3, 0.4) is 0 Å². The van der Waals surface area contributed by atoms with E-state index in [0.717, 1.165) is 23.8 Å². The molecule has 1 unspecified atom stereocenters. The lowest BCUT2D eigenvalue weighted by Crippen LogP contribution is -2.46. The molecule has 1 aromatic carbocycles. The molecule has 5 nitrogen and oxygen atoms in total. The normalized spacial score (nSPS) is 19.4. The van der Waals surface area contributed by atoms with Gasteiger partial charge in [-0.1, -0.05) is 6.07 Å². The number of pyridine rings is 1. The number of methoxy groups -OCH3 is 1. The Hall–Kier alpha value is -2.77. The Morgan fingerprint density at radius 3 is 2.80 bits per heavy atom. The maximum Gasteiger partial charge on any atom is 0.419 e. The molecule has 160 valence electrons. The summed E-state index contributed by atoms with van der Waals surface area (Å²) in [4.78, 5) is 20.6. The van der Waals surface area contributed by atoms with E-state index in [1.54, 1.807) is 12.0 Å². The van der Waals surface area contributed by atoms with E-state index in [4.69, 9.17) is 4.74 Å². The van der Waals surface area contributed by atoms with Crippen molar-refractivity contribution in [2.24, 2.45) is 5.92 Å². The zero-order valence-corrected chi connectivity index (χ0v) is 16.8. The zero-order valence-electron chi connectivity index (χ0n) is 16.8. The van der Waals surface area contributed by atoms with Crippen LogP contribution in [0, 0.1) is 5.92 Å². The van der Waals surface area contributed by atoms with E-state index in [1.165, 1.54) is 17.8 Å². The maximum absolute atomic E-state index is 13.4. The summed E-state index contributed by atoms with van der Waals surface area (Å²) in [5.41, 5.74) is 1.51. The molecule has 0 N–H and O–H groups in total. The van der Waals surface area contributed by atoms with Crippen LogP contribution >= 0.6 is 0 Å². The monoisotopic (exact) mass is 419 g/mol. The van der Waals surface area contributed by atoms with Crippen LogP contribution in [0.5, 0.6) is 5.75 Å². The predicted octanol–water partition coefficient (Wildman–Crippen LogP) is 3.91. The summed E-state index contributed by atoms with van der Waals surface area (Å²) in [5.74, 6) is 0.324. The van der Waals surface area contributed by atoms with Crippen LogP contribution < -0.4 is 9.64 Å². The number of hydrogen-bond donors (Lipinski definition) is 0. The first-order chi connectivity index (χ1) is 14.4. The number of ether oxygens (including phenoxy) is 1. The van der Waals surface area contributed by atoms with E-state index in [0.29, 0.717) is 32.5 Å². The summed E-state index contributed by atoms with van der Waals surface area (Å²) >= 11 is 0. The lowest BCUT2D eigenvalue weighted by atomic mass is 9.93. The minimum Gasteiger partial charge on any atom is -0.497 e. The molecule has 0 saturated carbocycles. The van der Waals surface area contributed by atoms with Gasteiger partial charge in [0, 0.05) is 32.4 Å². The Bertz CT molecular complexity index is 932. The molecule has 3 heterocycles. The smallest absolute Gasteiger partial charge is 0.419 e. The number of piperidine rings is 1. The molecule has 0 spiro atoms. The molecule has 30 heavy (non-hydrogen) atoms. The first-order valence-corrected chi connectivity index (χ1v) is 10.1. The van der Waals surface area contributed by atoms with Crippen molar-refractivity contribution in [2.45, 2.75) is 32.0 Å². The molecule has 4 rings (SSSR count). The van der Waals surface area contributed by atoms with Crippen molar-refractivity contribution in [1.29, 1.82) is 0 Å². The van der Waals surface area contributed by atoms with Crippen molar-refractivity contribution >= 4 is 11.7 Å². The Kier molecular flexibility index (Phi) is 5.58. The minimum absolute atomic E-state index is 0.00217. The number of amides is 1. The van der Waals surface area contributed by atoms with Gasteiger partial charge in [0.05, 0.1) is 18.6 Å². The van der Waals surface area contributed by atoms with Crippen LogP contribution in [0.2, 0.25) is 0 Å². The quantitative estimate of drug-likeness (QED) is 0.757. The fourth-order valence-corrected chi connectivity index (χ4v) is 4.35. The number of aromatic nitrogens is 1. The lowest BCUT2D eigenvalue weighted by Gasteiger charge is -2.37. The number of anilines is 1. The number of alkyl halides is 3. The molecule has 1 amide bonds. The van der Waals surface area contributed by atoms with Crippen molar-refractivity contribution in [3.05, 3.63) is 53.2 Å². The summed E-state index contributed by atoms with van der Waals surface area (Å²) in [6.07, 6.45) is -1.02. The average Bonchev–Trinajstić information content (AvgIpc) is 2.77. The zero-order chi connectivity index (χ0) is 21.3. The number of fused-ring (bicyclic) bond motifs is 1. The van der Waals surface area contributed by atoms with Crippen LogP contribution in [-0.2, 0) is 23.9 Å². The van der Waals surface area contributed by atoms with Crippen LogP contribution in [0.4, 0.5) is 19.0 Å². The van der Waals surface area contributed by atoms with Crippen molar-refractivity contribution < 1.29 is 22.7 Å². The molecule has 2 aliphatic rings.